The molecule has 88 valence electrons. The van der Waals surface area contributed by atoms with Crippen molar-refractivity contribution < 1.29 is 4.79 Å². The molecule has 0 radical (unpaired) electrons. The molecular formula is C12H24N2O. The zero-order valence-electron chi connectivity index (χ0n) is 10.3. The van der Waals surface area contributed by atoms with Crippen molar-refractivity contribution in [3.05, 3.63) is 11.6 Å². The fourth-order valence-corrected chi connectivity index (χ4v) is 1.44. The van der Waals surface area contributed by atoms with E-state index in [4.69, 9.17) is 5.73 Å². The highest BCUT2D eigenvalue weighted by Gasteiger charge is 1.98. The first-order valence-corrected chi connectivity index (χ1v) is 5.80. The van der Waals surface area contributed by atoms with E-state index in [2.05, 4.69) is 18.7 Å². The zero-order chi connectivity index (χ0) is 11.7. The summed E-state index contributed by atoms with van der Waals surface area (Å²) in [6, 6.07) is 0. The number of allylic oxidation sites excluding steroid dienone is 1. The summed E-state index contributed by atoms with van der Waals surface area (Å²) in [5.74, 6) is -0.307. The highest BCUT2D eigenvalue weighted by molar-refractivity contribution is 5.91. The molecule has 0 fully saturated rings. The molecule has 0 unspecified atom stereocenters. The van der Waals surface area contributed by atoms with Gasteiger partial charge in [-0.2, -0.15) is 0 Å². The van der Waals surface area contributed by atoms with Crippen molar-refractivity contribution in [3.63, 3.8) is 0 Å². The van der Waals surface area contributed by atoms with Crippen LogP contribution in [0, 0.1) is 0 Å². The van der Waals surface area contributed by atoms with Gasteiger partial charge in [-0.25, -0.2) is 0 Å². The first-order chi connectivity index (χ1) is 7.11. The van der Waals surface area contributed by atoms with Crippen molar-refractivity contribution in [3.8, 4) is 0 Å². The van der Waals surface area contributed by atoms with Crippen LogP contribution in [0.25, 0.3) is 0 Å². The summed E-state index contributed by atoms with van der Waals surface area (Å²) >= 11 is 0. The van der Waals surface area contributed by atoms with Crippen molar-refractivity contribution in [2.75, 3.05) is 19.6 Å². The van der Waals surface area contributed by atoms with Crippen molar-refractivity contribution in [1.29, 1.82) is 0 Å². The summed E-state index contributed by atoms with van der Waals surface area (Å²) < 4.78 is 0. The Balaban J connectivity index is 3.55. The Morgan fingerprint density at radius 2 is 1.87 bits per heavy atom. The van der Waals surface area contributed by atoms with Crippen LogP contribution in [0.4, 0.5) is 0 Å². The minimum Gasteiger partial charge on any atom is -0.366 e. The van der Waals surface area contributed by atoms with E-state index < -0.39 is 0 Å². The summed E-state index contributed by atoms with van der Waals surface area (Å²) in [5, 5.41) is 0. The van der Waals surface area contributed by atoms with Gasteiger partial charge in [0, 0.05) is 5.57 Å². The second-order valence-corrected chi connectivity index (χ2v) is 3.77. The van der Waals surface area contributed by atoms with Gasteiger partial charge in [0.05, 0.1) is 0 Å². The molecule has 0 heterocycles. The van der Waals surface area contributed by atoms with Crippen molar-refractivity contribution >= 4 is 5.91 Å². The van der Waals surface area contributed by atoms with Gasteiger partial charge in [0.15, 0.2) is 0 Å². The van der Waals surface area contributed by atoms with Crippen LogP contribution in [0.5, 0.6) is 0 Å². The van der Waals surface area contributed by atoms with Gasteiger partial charge in [-0.1, -0.05) is 19.9 Å². The molecule has 0 aliphatic carbocycles. The van der Waals surface area contributed by atoms with Gasteiger partial charge < -0.3 is 10.6 Å². The normalized spacial score (nSPS) is 12.1. The zero-order valence-corrected chi connectivity index (χ0v) is 10.3. The second kappa shape index (κ2) is 8.48. The van der Waals surface area contributed by atoms with Crippen molar-refractivity contribution in [1.82, 2.24) is 4.90 Å². The molecule has 0 saturated heterocycles. The number of nitrogens with two attached hydrogens (primary N) is 1. The number of nitrogens with zero attached hydrogens (tertiary/aromatic N) is 1. The Hall–Kier alpha value is -0.830. The molecule has 0 aromatic carbocycles. The summed E-state index contributed by atoms with van der Waals surface area (Å²) in [7, 11) is 0. The van der Waals surface area contributed by atoms with Crippen LogP contribution < -0.4 is 5.73 Å². The lowest BCUT2D eigenvalue weighted by Crippen LogP contribution is -2.23. The number of carbonyl (C=O) groups excluding carboxylic acids is 1. The number of hydrogen-bond donors (Lipinski definition) is 1. The minimum atomic E-state index is -0.307. The lowest BCUT2D eigenvalue weighted by Gasteiger charge is -2.17. The van der Waals surface area contributed by atoms with Crippen molar-refractivity contribution in [2.45, 2.75) is 40.0 Å². The Bertz CT molecular complexity index is 208. The average Bonchev–Trinajstić information content (AvgIpc) is 2.23. The van der Waals surface area contributed by atoms with Gasteiger partial charge in [0.1, 0.15) is 0 Å². The maximum absolute atomic E-state index is 10.7. The molecule has 15 heavy (non-hydrogen) atoms. The third-order valence-electron chi connectivity index (χ3n) is 2.66. The maximum atomic E-state index is 10.7. The fourth-order valence-electron chi connectivity index (χ4n) is 1.44. The Morgan fingerprint density at radius 3 is 2.33 bits per heavy atom. The molecule has 0 spiro atoms. The SMILES string of the molecule is CCN(CC)CCCCC=C(C)C(N)=O. The van der Waals surface area contributed by atoms with Gasteiger partial charge in [-0.15, -0.1) is 0 Å². The average molecular weight is 212 g/mol. The highest BCUT2D eigenvalue weighted by Crippen LogP contribution is 2.02. The summed E-state index contributed by atoms with van der Waals surface area (Å²) in [6.45, 7) is 9.52. The van der Waals surface area contributed by atoms with Crippen LogP contribution in [-0.2, 0) is 4.79 Å². The van der Waals surface area contributed by atoms with Crippen LogP contribution in [0.2, 0.25) is 0 Å². The summed E-state index contributed by atoms with van der Waals surface area (Å²) in [5.41, 5.74) is 5.81. The van der Waals surface area contributed by atoms with Gasteiger partial charge in [-0.05, 0) is 45.8 Å². The molecule has 0 aromatic rings. The van der Waals surface area contributed by atoms with Crippen LogP contribution >= 0.6 is 0 Å². The monoisotopic (exact) mass is 212 g/mol. The molecule has 0 atom stereocenters. The van der Waals surface area contributed by atoms with E-state index >= 15 is 0 Å². The number of primary amides is 1. The fraction of sp³-hybridized carbons (Fsp3) is 0.750. The molecule has 0 aromatic heterocycles. The van der Waals surface area contributed by atoms with Crippen LogP contribution in [0.1, 0.15) is 40.0 Å². The van der Waals surface area contributed by atoms with Crippen LogP contribution in [0.3, 0.4) is 0 Å². The Kier molecular flexibility index (Phi) is 8.01. The lowest BCUT2D eigenvalue weighted by atomic mass is 10.1. The predicted molar refractivity (Wildman–Crippen MR) is 64.6 cm³/mol. The van der Waals surface area contributed by atoms with Gasteiger partial charge in [0.2, 0.25) is 5.91 Å². The molecule has 0 aliphatic heterocycles. The molecule has 0 rings (SSSR count). The van der Waals surface area contributed by atoms with E-state index in [9.17, 15) is 4.79 Å². The third kappa shape index (κ3) is 7.14. The standard InChI is InChI=1S/C12H24N2O/c1-4-14(5-2)10-8-6-7-9-11(3)12(13)15/h9H,4-8,10H2,1-3H3,(H2,13,15). The maximum Gasteiger partial charge on any atom is 0.244 e. The molecule has 3 heteroatoms. The predicted octanol–water partition coefficient (Wildman–Crippen LogP) is 1.93. The Morgan fingerprint density at radius 1 is 1.27 bits per heavy atom. The van der Waals surface area contributed by atoms with E-state index in [1.54, 1.807) is 6.92 Å². The van der Waals surface area contributed by atoms with E-state index in [0.29, 0.717) is 5.57 Å². The smallest absolute Gasteiger partial charge is 0.244 e. The number of carbonyl (C=O) groups is 1. The molecular weight excluding hydrogens is 188 g/mol. The largest absolute Gasteiger partial charge is 0.366 e. The quantitative estimate of drug-likeness (QED) is 0.493. The number of hydrogen-bond acceptors (Lipinski definition) is 2. The molecule has 2 N–H and O–H groups in total. The first-order valence-electron chi connectivity index (χ1n) is 5.80. The van der Waals surface area contributed by atoms with Gasteiger partial charge >= 0.3 is 0 Å². The van der Waals surface area contributed by atoms with Gasteiger partial charge in [0.25, 0.3) is 0 Å². The van der Waals surface area contributed by atoms with E-state index in [1.807, 2.05) is 6.08 Å². The number of rotatable bonds is 8. The third-order valence-corrected chi connectivity index (χ3v) is 2.66. The molecule has 0 saturated carbocycles. The van der Waals surface area contributed by atoms with Crippen LogP contribution in [-0.4, -0.2) is 30.4 Å². The topological polar surface area (TPSA) is 46.3 Å². The Labute approximate surface area is 93.3 Å². The number of unbranched alkanes of at least 4 members (excludes halogenated alkanes) is 2. The number of amides is 1. The van der Waals surface area contributed by atoms with Gasteiger partial charge in [-0.3, -0.25) is 4.79 Å². The second-order valence-electron chi connectivity index (χ2n) is 3.77. The molecule has 1 amide bonds. The van der Waals surface area contributed by atoms with E-state index in [0.717, 1.165) is 32.5 Å². The van der Waals surface area contributed by atoms with Crippen molar-refractivity contribution in [2.24, 2.45) is 5.73 Å². The highest BCUT2D eigenvalue weighted by atomic mass is 16.1. The lowest BCUT2D eigenvalue weighted by molar-refractivity contribution is -0.114. The van der Waals surface area contributed by atoms with E-state index in [1.165, 1.54) is 6.42 Å². The first kappa shape index (κ1) is 14.2. The van der Waals surface area contributed by atoms with Crippen LogP contribution in [0.15, 0.2) is 11.6 Å². The summed E-state index contributed by atoms with van der Waals surface area (Å²) in [6.07, 6.45) is 5.20. The minimum absolute atomic E-state index is 0.307. The molecule has 0 aliphatic rings. The summed E-state index contributed by atoms with van der Waals surface area (Å²) in [4.78, 5) is 13.1. The molecule has 0 bridgehead atoms. The van der Waals surface area contributed by atoms with E-state index in [-0.39, 0.29) is 5.91 Å². The molecule has 3 nitrogen and oxygen atoms in total.